The molecular formula is C22H20ClN8O7S3+. The van der Waals surface area contributed by atoms with Crippen LogP contribution < -0.4 is 21.4 Å². The van der Waals surface area contributed by atoms with Crippen molar-refractivity contribution >= 4 is 96.0 Å². The van der Waals surface area contributed by atoms with Crippen LogP contribution in [-0.2, 0) is 30.6 Å². The number of nitrogens with one attached hydrogen (secondary N) is 1. The molecule has 3 aromatic rings. The molecule has 0 bridgehead atoms. The van der Waals surface area contributed by atoms with Gasteiger partial charge in [-0.15, -0.1) is 11.8 Å². The number of thiazole rings is 2. The van der Waals surface area contributed by atoms with Gasteiger partial charge in [-0.2, -0.15) is 4.57 Å². The number of pyridine rings is 1. The van der Waals surface area contributed by atoms with Crippen LogP contribution in [-0.4, -0.2) is 77.8 Å². The molecule has 5 heterocycles. The quantitative estimate of drug-likeness (QED) is 0.0933. The van der Waals surface area contributed by atoms with Crippen molar-refractivity contribution < 1.29 is 38.8 Å². The van der Waals surface area contributed by atoms with Gasteiger partial charge in [-0.1, -0.05) is 39.4 Å². The van der Waals surface area contributed by atoms with Crippen LogP contribution in [0.1, 0.15) is 12.6 Å². The first-order valence-electron chi connectivity index (χ1n) is 11.6. The van der Waals surface area contributed by atoms with E-state index in [0.29, 0.717) is 16.2 Å². The van der Waals surface area contributed by atoms with Crippen molar-refractivity contribution in [3.63, 3.8) is 0 Å². The van der Waals surface area contributed by atoms with Gasteiger partial charge in [-0.25, -0.2) is 19.6 Å². The Hall–Kier alpha value is -4.00. The number of carbonyl (C=O) groups excluding carboxylic acids is 2. The Balaban J connectivity index is 1.37. The highest BCUT2D eigenvalue weighted by molar-refractivity contribution is 8.00. The van der Waals surface area contributed by atoms with Gasteiger partial charge in [0.25, 0.3) is 11.8 Å². The number of anilines is 2. The number of carboxylic acid groups (broad SMARTS) is 2. The predicted molar refractivity (Wildman–Crippen MR) is 150 cm³/mol. The predicted octanol–water partition coefficient (Wildman–Crippen LogP) is 0.491. The third-order valence-corrected chi connectivity index (χ3v) is 9.29. The van der Waals surface area contributed by atoms with Gasteiger partial charge < -0.3 is 31.8 Å². The van der Waals surface area contributed by atoms with Crippen molar-refractivity contribution in [1.29, 1.82) is 0 Å². The standard InChI is InChI=1S/C22H19ClN8O7S3/c1-7(19(34)35)38-29-12(11-15(23)41-22(25)28-11)16(32)27-13-17(33)31-14(20(36)37)8(6-39-18(13)31)4-30-3-2-10-9(5-30)26-21(24)40-10/h2-3,5,7,13,18H,4,6H2,1H3,(H6-,24,25,26,27,28,32,34,35,36,37)/p+1/t7-,13?,18?/m0/s1. The Morgan fingerprint density at radius 3 is 2.68 bits per heavy atom. The lowest BCUT2D eigenvalue weighted by Gasteiger charge is -2.49. The molecule has 19 heteroatoms. The van der Waals surface area contributed by atoms with Gasteiger partial charge in [-0.3, -0.25) is 14.5 Å². The summed E-state index contributed by atoms with van der Waals surface area (Å²) in [6.45, 7) is 1.39. The van der Waals surface area contributed by atoms with E-state index in [1.807, 2.05) is 6.07 Å². The van der Waals surface area contributed by atoms with Crippen molar-refractivity contribution in [3.8, 4) is 0 Å². The number of halogens is 1. The fourth-order valence-corrected chi connectivity index (χ4v) is 7.07. The lowest BCUT2D eigenvalue weighted by molar-refractivity contribution is -0.687. The van der Waals surface area contributed by atoms with E-state index in [2.05, 4.69) is 20.4 Å². The van der Waals surface area contributed by atoms with Crippen molar-refractivity contribution in [2.24, 2.45) is 5.16 Å². The molecule has 5 rings (SSSR count). The molecule has 0 radical (unpaired) electrons. The number of oxime groups is 1. The van der Waals surface area contributed by atoms with Crippen LogP contribution in [0, 0.1) is 0 Å². The second kappa shape index (κ2) is 11.1. The van der Waals surface area contributed by atoms with Crippen LogP contribution in [0.5, 0.6) is 0 Å². The van der Waals surface area contributed by atoms with Gasteiger partial charge in [0.2, 0.25) is 6.10 Å². The zero-order chi connectivity index (χ0) is 29.6. The largest absolute Gasteiger partial charge is 0.478 e. The zero-order valence-electron chi connectivity index (χ0n) is 20.8. The maximum atomic E-state index is 13.2. The number of nitrogens with zero attached hydrogens (tertiary/aromatic N) is 5. The van der Waals surface area contributed by atoms with Gasteiger partial charge in [0.15, 0.2) is 34.9 Å². The van der Waals surface area contributed by atoms with Gasteiger partial charge in [0.1, 0.15) is 32.7 Å². The molecular weight excluding hydrogens is 620 g/mol. The SMILES string of the molecule is C[C@H](ON=C(C(=O)NC1C(=O)N2C(C(=O)O)=C(C[n+]3ccc4sc(N)nc4c3)CSC12)c1nc(N)sc1Cl)C(=O)O. The highest BCUT2D eigenvalue weighted by atomic mass is 35.5. The molecule has 3 aromatic heterocycles. The Morgan fingerprint density at radius 2 is 2.02 bits per heavy atom. The third-order valence-electron chi connectivity index (χ3n) is 6.00. The van der Waals surface area contributed by atoms with E-state index < -0.39 is 47.0 Å². The number of carbonyl (C=O) groups is 4. The maximum Gasteiger partial charge on any atom is 0.352 e. The summed E-state index contributed by atoms with van der Waals surface area (Å²) in [6, 6.07) is 0.716. The molecule has 0 saturated carbocycles. The van der Waals surface area contributed by atoms with E-state index in [1.54, 1.807) is 17.0 Å². The minimum absolute atomic E-state index is 0.00616. The number of nitrogens with two attached hydrogens (primary N) is 2. The Morgan fingerprint density at radius 1 is 1.29 bits per heavy atom. The fraction of sp³-hybridized carbons (Fsp3) is 0.273. The number of hydrogen-bond donors (Lipinski definition) is 5. The van der Waals surface area contributed by atoms with E-state index in [1.165, 1.54) is 30.0 Å². The second-order valence-corrected chi connectivity index (χ2v) is 12.5. The summed E-state index contributed by atoms with van der Waals surface area (Å²) in [5.74, 6) is -3.95. The zero-order valence-corrected chi connectivity index (χ0v) is 24.0. The summed E-state index contributed by atoms with van der Waals surface area (Å²) in [7, 11) is 0. The van der Waals surface area contributed by atoms with Crippen molar-refractivity contribution in [2.75, 3.05) is 17.2 Å². The third kappa shape index (κ3) is 5.50. The van der Waals surface area contributed by atoms with Crippen LogP contribution in [0.2, 0.25) is 4.34 Å². The molecule has 2 unspecified atom stereocenters. The molecule has 2 amide bonds. The molecule has 0 spiro atoms. The highest BCUT2D eigenvalue weighted by Gasteiger charge is 2.55. The Bertz CT molecular complexity index is 1670. The summed E-state index contributed by atoms with van der Waals surface area (Å²) in [5, 5.41) is 24.9. The van der Waals surface area contributed by atoms with E-state index in [9.17, 15) is 24.3 Å². The smallest absolute Gasteiger partial charge is 0.352 e. The number of amides is 2. The molecule has 7 N–H and O–H groups in total. The first-order chi connectivity index (χ1) is 19.4. The molecule has 1 fully saturated rings. The van der Waals surface area contributed by atoms with Gasteiger partial charge >= 0.3 is 11.9 Å². The van der Waals surface area contributed by atoms with Crippen LogP contribution in [0.4, 0.5) is 10.3 Å². The van der Waals surface area contributed by atoms with Crippen LogP contribution >= 0.6 is 46.0 Å². The second-order valence-electron chi connectivity index (χ2n) is 8.74. The first-order valence-corrected chi connectivity index (χ1v) is 14.6. The van der Waals surface area contributed by atoms with Crippen LogP contribution in [0.15, 0.2) is 34.9 Å². The molecule has 41 heavy (non-hydrogen) atoms. The molecule has 0 aromatic carbocycles. The number of thioether (sulfide) groups is 1. The molecule has 2 aliphatic heterocycles. The summed E-state index contributed by atoms with van der Waals surface area (Å²) < 4.78 is 2.63. The normalized spacial score (nSPS) is 19.5. The molecule has 3 atom stereocenters. The average molecular weight is 640 g/mol. The van der Waals surface area contributed by atoms with E-state index >= 15 is 0 Å². The number of nitrogen functional groups attached to an aromatic ring is 2. The number of fused-ring (bicyclic) bond motifs is 2. The fourth-order valence-electron chi connectivity index (χ4n) is 4.10. The Kier molecular flexibility index (Phi) is 7.73. The number of carboxylic acids is 2. The molecule has 214 valence electrons. The highest BCUT2D eigenvalue weighted by Crippen LogP contribution is 2.40. The summed E-state index contributed by atoms with van der Waals surface area (Å²) in [4.78, 5) is 64.0. The average Bonchev–Trinajstić information content (AvgIpc) is 3.45. The minimum Gasteiger partial charge on any atom is -0.478 e. The van der Waals surface area contributed by atoms with Crippen molar-refractivity contribution in [3.05, 3.63) is 39.8 Å². The summed E-state index contributed by atoms with van der Waals surface area (Å²) in [5.41, 5.74) is 11.8. The summed E-state index contributed by atoms with van der Waals surface area (Å²) >= 11 is 9.60. The maximum absolute atomic E-state index is 13.2. The number of hydrogen-bond acceptors (Lipinski definition) is 13. The Labute approximate surface area is 247 Å². The topological polar surface area (TPSA) is 227 Å². The lowest BCUT2D eigenvalue weighted by Crippen LogP contribution is -2.71. The number of rotatable bonds is 9. The molecule has 2 aliphatic rings. The van der Waals surface area contributed by atoms with Gasteiger partial charge in [-0.05, 0) is 6.92 Å². The van der Waals surface area contributed by atoms with Crippen molar-refractivity contribution in [1.82, 2.24) is 20.2 Å². The molecule has 1 saturated heterocycles. The molecule has 0 aliphatic carbocycles. The lowest BCUT2D eigenvalue weighted by atomic mass is 10.0. The number of aliphatic carboxylic acids is 2. The molecule has 15 nitrogen and oxygen atoms in total. The van der Waals surface area contributed by atoms with Gasteiger partial charge in [0.05, 0.1) is 4.70 Å². The minimum atomic E-state index is -1.41. The van der Waals surface area contributed by atoms with Crippen LogP contribution in [0.3, 0.4) is 0 Å². The van der Waals surface area contributed by atoms with E-state index in [0.717, 1.165) is 20.9 Å². The first kappa shape index (κ1) is 28.5. The number of β-lactam (4-membered cyclic amide) rings is 1. The van der Waals surface area contributed by atoms with Crippen LogP contribution in [0.25, 0.3) is 10.2 Å². The number of aromatic nitrogens is 3. The van der Waals surface area contributed by atoms with Gasteiger partial charge in [0, 0.05) is 17.4 Å². The summed E-state index contributed by atoms with van der Waals surface area (Å²) in [6.07, 6.45) is 2.11. The van der Waals surface area contributed by atoms with E-state index in [-0.39, 0.29) is 33.2 Å². The van der Waals surface area contributed by atoms with E-state index in [4.69, 9.17) is 33.0 Å². The van der Waals surface area contributed by atoms with Crippen molar-refractivity contribution in [2.45, 2.75) is 31.0 Å². The monoisotopic (exact) mass is 639 g/mol.